The lowest BCUT2D eigenvalue weighted by molar-refractivity contribution is 0.108. The van der Waals surface area contributed by atoms with Gasteiger partial charge in [-0.3, -0.25) is 9.59 Å². The fourth-order valence-electron chi connectivity index (χ4n) is 0.539. The molecule has 1 aromatic heterocycles. The van der Waals surface area contributed by atoms with E-state index in [9.17, 15) is 9.59 Å². The molecule has 0 saturated carbocycles. The summed E-state index contributed by atoms with van der Waals surface area (Å²) in [5.41, 5.74) is 0.186. The Kier molecular flexibility index (Phi) is 2.35. The van der Waals surface area contributed by atoms with E-state index in [1.165, 1.54) is 6.20 Å². The third-order valence-electron chi connectivity index (χ3n) is 1.01. The third kappa shape index (κ3) is 1.84. The standard InChI is InChI=1S/C5H4N2O2S2/c8-4(10)2-1-6-3(7-2)5(9)11/h1H,(H,6,7)(H,8,10)(H,9,11). The first kappa shape index (κ1) is 8.35. The molecule has 0 saturated heterocycles. The van der Waals surface area contributed by atoms with Gasteiger partial charge in [0.15, 0.2) is 5.82 Å². The van der Waals surface area contributed by atoms with Gasteiger partial charge < -0.3 is 4.98 Å². The van der Waals surface area contributed by atoms with E-state index in [-0.39, 0.29) is 11.5 Å². The first-order valence-corrected chi connectivity index (χ1v) is 3.52. The summed E-state index contributed by atoms with van der Waals surface area (Å²) < 4.78 is 0. The monoisotopic (exact) mass is 188 g/mol. The molecule has 1 aromatic rings. The number of H-pyrrole nitrogens is 1. The highest BCUT2D eigenvalue weighted by molar-refractivity contribution is 7.97. The van der Waals surface area contributed by atoms with E-state index in [0.717, 1.165) is 0 Å². The van der Waals surface area contributed by atoms with Gasteiger partial charge in [-0.1, -0.05) is 25.3 Å². The van der Waals surface area contributed by atoms with Crippen LogP contribution in [0.5, 0.6) is 0 Å². The van der Waals surface area contributed by atoms with Crippen LogP contribution in [0.15, 0.2) is 6.20 Å². The molecule has 0 radical (unpaired) electrons. The molecule has 0 aliphatic heterocycles. The summed E-state index contributed by atoms with van der Waals surface area (Å²) in [7, 11) is 0. The highest BCUT2D eigenvalue weighted by atomic mass is 32.1. The van der Waals surface area contributed by atoms with Crippen molar-refractivity contribution in [2.75, 3.05) is 0 Å². The van der Waals surface area contributed by atoms with Crippen molar-refractivity contribution in [2.45, 2.75) is 0 Å². The fraction of sp³-hybridized carbons (Fsp3) is 0. The predicted molar refractivity (Wildman–Crippen MR) is 45.2 cm³/mol. The molecule has 1 heterocycles. The predicted octanol–water partition coefficient (Wildman–Crippen LogP) is 0.550. The molecule has 6 heteroatoms. The Balaban J connectivity index is 2.99. The quantitative estimate of drug-likeness (QED) is 0.594. The van der Waals surface area contributed by atoms with Crippen LogP contribution in [-0.2, 0) is 0 Å². The van der Waals surface area contributed by atoms with Crippen molar-refractivity contribution < 1.29 is 9.59 Å². The minimum absolute atomic E-state index is 0.0470. The summed E-state index contributed by atoms with van der Waals surface area (Å²) in [6.45, 7) is 0. The van der Waals surface area contributed by atoms with Gasteiger partial charge in [-0.05, 0) is 0 Å². The van der Waals surface area contributed by atoms with Crippen LogP contribution in [-0.4, -0.2) is 20.2 Å². The van der Waals surface area contributed by atoms with Gasteiger partial charge in [0, 0.05) is 0 Å². The lowest BCUT2D eigenvalue weighted by atomic mass is 10.5. The second kappa shape index (κ2) is 3.10. The van der Waals surface area contributed by atoms with Crippen LogP contribution in [0.4, 0.5) is 0 Å². The molecule has 0 aliphatic rings. The number of rotatable bonds is 2. The Bertz CT molecular complexity index is 279. The number of aromatic nitrogens is 2. The second-order valence-electron chi connectivity index (χ2n) is 1.76. The van der Waals surface area contributed by atoms with Crippen LogP contribution in [0, 0.1) is 0 Å². The molecule has 0 fully saturated rings. The third-order valence-corrected chi connectivity index (χ3v) is 1.46. The zero-order chi connectivity index (χ0) is 8.43. The zero-order valence-corrected chi connectivity index (χ0v) is 7.02. The molecule has 1 rings (SSSR count). The van der Waals surface area contributed by atoms with Crippen molar-refractivity contribution in [3.63, 3.8) is 0 Å². The average molecular weight is 188 g/mol. The molecule has 1 N–H and O–H groups in total. The maximum atomic E-state index is 10.5. The lowest BCUT2D eigenvalue weighted by Crippen LogP contribution is -1.93. The number of nitrogens with zero attached hydrogens (tertiary/aromatic N) is 1. The number of hydrogen-bond donors (Lipinski definition) is 3. The van der Waals surface area contributed by atoms with Crippen molar-refractivity contribution in [2.24, 2.45) is 0 Å². The van der Waals surface area contributed by atoms with Crippen LogP contribution in [0.1, 0.15) is 21.1 Å². The van der Waals surface area contributed by atoms with Gasteiger partial charge in [-0.25, -0.2) is 4.98 Å². The van der Waals surface area contributed by atoms with Gasteiger partial charge in [-0.15, -0.1) is 0 Å². The summed E-state index contributed by atoms with van der Waals surface area (Å²) in [5.74, 6) is 0.0470. The Morgan fingerprint density at radius 1 is 1.36 bits per heavy atom. The summed E-state index contributed by atoms with van der Waals surface area (Å²) in [6.07, 6.45) is 1.23. The first-order valence-electron chi connectivity index (χ1n) is 2.63. The molecular formula is C5H4N2O2S2. The number of carbonyl (C=O) groups is 2. The van der Waals surface area contributed by atoms with E-state index in [4.69, 9.17) is 0 Å². The van der Waals surface area contributed by atoms with Crippen molar-refractivity contribution >= 4 is 35.5 Å². The smallest absolute Gasteiger partial charge is 0.251 e. The molecule has 58 valence electrons. The largest absolute Gasteiger partial charge is 0.332 e. The molecular weight excluding hydrogens is 184 g/mol. The normalized spacial score (nSPS) is 9.64. The van der Waals surface area contributed by atoms with E-state index in [1.807, 2.05) is 0 Å². The summed E-state index contributed by atoms with van der Waals surface area (Å²) >= 11 is 7.02. The molecule has 0 unspecified atom stereocenters. The van der Waals surface area contributed by atoms with Crippen molar-refractivity contribution in [1.29, 1.82) is 0 Å². The number of imidazole rings is 1. The van der Waals surface area contributed by atoms with Crippen molar-refractivity contribution in [3.8, 4) is 0 Å². The summed E-state index contributed by atoms with van der Waals surface area (Å²) in [4.78, 5) is 27.1. The molecule has 11 heavy (non-hydrogen) atoms. The number of nitrogens with one attached hydrogen (secondary N) is 1. The van der Waals surface area contributed by atoms with Crippen LogP contribution in [0.2, 0.25) is 0 Å². The molecule has 4 nitrogen and oxygen atoms in total. The molecule has 0 spiro atoms. The number of carbonyl (C=O) groups excluding carboxylic acids is 2. The lowest BCUT2D eigenvalue weighted by Gasteiger charge is -1.84. The highest BCUT2D eigenvalue weighted by Crippen LogP contribution is 2.02. The summed E-state index contributed by atoms with van der Waals surface area (Å²) in [6, 6.07) is 0. The van der Waals surface area contributed by atoms with E-state index < -0.39 is 10.2 Å². The first-order chi connectivity index (χ1) is 5.11. The van der Waals surface area contributed by atoms with E-state index in [2.05, 4.69) is 35.2 Å². The van der Waals surface area contributed by atoms with Crippen LogP contribution < -0.4 is 0 Å². The minimum Gasteiger partial charge on any atom is -0.332 e. The highest BCUT2D eigenvalue weighted by Gasteiger charge is 2.08. The topological polar surface area (TPSA) is 62.8 Å². The van der Waals surface area contributed by atoms with Crippen molar-refractivity contribution in [1.82, 2.24) is 9.97 Å². The zero-order valence-electron chi connectivity index (χ0n) is 5.24. The van der Waals surface area contributed by atoms with Crippen molar-refractivity contribution in [3.05, 3.63) is 17.7 Å². The van der Waals surface area contributed by atoms with E-state index in [0.29, 0.717) is 0 Å². The van der Waals surface area contributed by atoms with Gasteiger partial charge in [0.2, 0.25) is 5.12 Å². The van der Waals surface area contributed by atoms with E-state index >= 15 is 0 Å². The molecule has 0 aromatic carbocycles. The number of aromatic amines is 1. The number of thiol groups is 2. The maximum Gasteiger partial charge on any atom is 0.251 e. The van der Waals surface area contributed by atoms with Gasteiger partial charge in [0.25, 0.3) is 5.12 Å². The van der Waals surface area contributed by atoms with Gasteiger partial charge in [-0.2, -0.15) is 0 Å². The Hall–Kier alpha value is -0.750. The maximum absolute atomic E-state index is 10.5. The molecule has 0 aliphatic carbocycles. The van der Waals surface area contributed by atoms with Crippen LogP contribution >= 0.6 is 25.3 Å². The van der Waals surface area contributed by atoms with E-state index in [1.54, 1.807) is 0 Å². The van der Waals surface area contributed by atoms with Gasteiger partial charge in [0.05, 0.1) is 6.20 Å². The Morgan fingerprint density at radius 2 is 2.00 bits per heavy atom. The molecule has 0 atom stereocenters. The number of hydrogen-bond acceptors (Lipinski definition) is 3. The van der Waals surface area contributed by atoms with Gasteiger partial charge >= 0.3 is 0 Å². The Morgan fingerprint density at radius 3 is 2.27 bits per heavy atom. The molecule has 0 bridgehead atoms. The Labute approximate surface area is 73.2 Å². The SMILES string of the molecule is O=C(S)c1cnc(C(=O)S)[nH]1. The fourth-order valence-corrected chi connectivity index (χ4v) is 0.766. The average Bonchev–Trinajstić information content (AvgIpc) is 2.33. The minimum atomic E-state index is -0.508. The second-order valence-corrected chi connectivity index (χ2v) is 2.57. The summed E-state index contributed by atoms with van der Waals surface area (Å²) in [5, 5.41) is -0.968. The van der Waals surface area contributed by atoms with Gasteiger partial charge in [0.1, 0.15) is 5.69 Å². The van der Waals surface area contributed by atoms with Crippen LogP contribution in [0.25, 0.3) is 0 Å². The van der Waals surface area contributed by atoms with Crippen LogP contribution in [0.3, 0.4) is 0 Å². The molecule has 0 amide bonds.